The summed E-state index contributed by atoms with van der Waals surface area (Å²) in [6.45, 7) is 4.51. The zero-order valence-electron chi connectivity index (χ0n) is 16.4. The van der Waals surface area contributed by atoms with Crippen LogP contribution in [-0.4, -0.2) is 58.8 Å². The number of fused-ring (bicyclic) bond motifs is 2. The minimum absolute atomic E-state index is 0.0539. The molecule has 3 heterocycles. The maximum absolute atomic E-state index is 13.2. The molecule has 0 saturated carbocycles. The molecule has 2 fully saturated rings. The van der Waals surface area contributed by atoms with Crippen LogP contribution in [0.2, 0.25) is 0 Å². The number of rotatable bonds is 5. The topological polar surface area (TPSA) is 115 Å². The Morgan fingerprint density at radius 2 is 2.21 bits per heavy atom. The number of ether oxygens (including phenoxy) is 1. The van der Waals surface area contributed by atoms with Gasteiger partial charge in [0.1, 0.15) is 18.7 Å². The first-order valence-electron chi connectivity index (χ1n) is 9.75. The van der Waals surface area contributed by atoms with Gasteiger partial charge in [-0.1, -0.05) is 25.2 Å². The van der Waals surface area contributed by atoms with E-state index >= 15 is 0 Å². The number of anilines is 1. The van der Waals surface area contributed by atoms with Crippen molar-refractivity contribution in [3.8, 4) is 0 Å². The van der Waals surface area contributed by atoms with Crippen LogP contribution in [0.4, 0.5) is 5.13 Å². The van der Waals surface area contributed by atoms with Crippen LogP contribution in [0.5, 0.6) is 0 Å². The lowest BCUT2D eigenvalue weighted by molar-refractivity contribution is -0.138. The van der Waals surface area contributed by atoms with E-state index in [4.69, 9.17) is 10.5 Å². The zero-order chi connectivity index (χ0) is 20.7. The number of carbonyl (C=O) groups is 3. The molecule has 3 N–H and O–H groups in total. The minimum Gasteiger partial charge on any atom is -0.375 e. The van der Waals surface area contributed by atoms with E-state index in [1.165, 1.54) is 11.3 Å². The van der Waals surface area contributed by atoms with Crippen LogP contribution in [0.1, 0.15) is 37.0 Å². The van der Waals surface area contributed by atoms with Gasteiger partial charge in [0.25, 0.3) is 5.91 Å². The summed E-state index contributed by atoms with van der Waals surface area (Å²) in [5.74, 6) is -0.421. The summed E-state index contributed by atoms with van der Waals surface area (Å²) in [5.41, 5.74) is 6.92. The highest BCUT2D eigenvalue weighted by Gasteiger charge is 2.48. The van der Waals surface area contributed by atoms with Gasteiger partial charge in [-0.3, -0.25) is 14.4 Å². The number of nitrogens with two attached hydrogens (primary N) is 1. The predicted octanol–water partition coefficient (Wildman–Crippen LogP) is 1.59. The molecule has 8 nitrogen and oxygen atoms in total. The third-order valence-corrected chi connectivity index (χ3v) is 6.22. The largest absolute Gasteiger partial charge is 0.375 e. The molecule has 9 heteroatoms. The van der Waals surface area contributed by atoms with Crippen molar-refractivity contribution in [3.63, 3.8) is 0 Å². The van der Waals surface area contributed by atoms with Crippen molar-refractivity contribution >= 4 is 44.3 Å². The van der Waals surface area contributed by atoms with E-state index in [0.717, 1.165) is 10.2 Å². The Kier molecular flexibility index (Phi) is 5.26. The summed E-state index contributed by atoms with van der Waals surface area (Å²) in [5, 5.41) is 3.32. The number of nitrogen functional groups attached to an aromatic ring is 1. The number of carbonyl (C=O) groups excluding carboxylic acids is 3. The number of nitrogens with one attached hydrogen (secondary N) is 1. The molecular weight excluding hydrogens is 392 g/mol. The van der Waals surface area contributed by atoms with Crippen molar-refractivity contribution in [3.05, 3.63) is 23.8 Å². The predicted molar refractivity (Wildman–Crippen MR) is 110 cm³/mol. The molecule has 2 aliphatic rings. The average Bonchev–Trinajstić information content (AvgIpc) is 3.34. The Hall–Kier alpha value is -2.52. The Labute approximate surface area is 172 Å². The van der Waals surface area contributed by atoms with Gasteiger partial charge in [0.05, 0.1) is 16.3 Å². The second-order valence-corrected chi connectivity index (χ2v) is 9.03. The van der Waals surface area contributed by atoms with E-state index in [1.807, 2.05) is 13.8 Å². The summed E-state index contributed by atoms with van der Waals surface area (Å²) in [6, 6.07) is 3.93. The van der Waals surface area contributed by atoms with Gasteiger partial charge >= 0.3 is 0 Å². The molecule has 1 aromatic heterocycles. The first-order valence-corrected chi connectivity index (χ1v) is 10.6. The molecule has 2 saturated heterocycles. The number of hydrogen-bond donors (Lipinski definition) is 2. The molecule has 4 rings (SSSR count). The molecule has 0 spiro atoms. The van der Waals surface area contributed by atoms with Crippen LogP contribution in [-0.2, 0) is 14.3 Å². The molecule has 1 aromatic carbocycles. The maximum atomic E-state index is 13.2. The number of thiazole rings is 1. The van der Waals surface area contributed by atoms with Crippen molar-refractivity contribution in [1.29, 1.82) is 0 Å². The Balaban J connectivity index is 1.53. The van der Waals surface area contributed by atoms with Crippen LogP contribution in [0.25, 0.3) is 10.2 Å². The van der Waals surface area contributed by atoms with E-state index < -0.39 is 12.1 Å². The Morgan fingerprint density at radius 3 is 2.97 bits per heavy atom. The summed E-state index contributed by atoms with van der Waals surface area (Å²) in [7, 11) is 0. The van der Waals surface area contributed by atoms with Gasteiger partial charge in [0.2, 0.25) is 5.91 Å². The molecule has 3 atom stereocenters. The van der Waals surface area contributed by atoms with E-state index in [1.54, 1.807) is 23.1 Å². The lowest BCUT2D eigenvalue weighted by Gasteiger charge is -2.28. The van der Waals surface area contributed by atoms with E-state index in [2.05, 4.69) is 10.3 Å². The number of aromatic nitrogens is 1. The standard InChI is InChI=1S/C20H24N4O4S/c1-10(2)7-13(19(27)24-6-5-15-17(24)14(25)9-28-15)22-18(26)11-3-4-12-16(8-11)29-20(21)23-12/h3-4,8,10,13,15,17H,5-7,9H2,1-2H3,(H2,21,23)(H,22,26)/t13-,15+,17+/m0/s1. The van der Waals surface area contributed by atoms with E-state index in [-0.39, 0.29) is 36.2 Å². The van der Waals surface area contributed by atoms with Crippen molar-refractivity contribution in [2.24, 2.45) is 5.92 Å². The van der Waals surface area contributed by atoms with Crippen LogP contribution in [0.15, 0.2) is 18.2 Å². The van der Waals surface area contributed by atoms with Gasteiger partial charge in [0.15, 0.2) is 10.9 Å². The van der Waals surface area contributed by atoms with Crippen molar-refractivity contribution in [2.75, 3.05) is 18.9 Å². The number of ketones is 1. The van der Waals surface area contributed by atoms with Crippen LogP contribution in [0.3, 0.4) is 0 Å². The molecule has 2 aromatic rings. The molecular formula is C20H24N4O4S. The van der Waals surface area contributed by atoms with Gasteiger partial charge in [-0.25, -0.2) is 4.98 Å². The van der Waals surface area contributed by atoms with Crippen molar-refractivity contribution < 1.29 is 19.1 Å². The van der Waals surface area contributed by atoms with Crippen molar-refractivity contribution in [1.82, 2.24) is 15.2 Å². The average molecular weight is 417 g/mol. The highest BCUT2D eigenvalue weighted by atomic mass is 32.1. The Bertz CT molecular complexity index is 973. The normalized spacial score (nSPS) is 22.3. The number of amides is 2. The molecule has 0 radical (unpaired) electrons. The first kappa shape index (κ1) is 19.8. The SMILES string of the molecule is CC(C)C[C@H](NC(=O)c1ccc2nc(N)sc2c1)C(=O)N1CC[C@H]2OCC(=O)[C@H]21. The fourth-order valence-electron chi connectivity index (χ4n) is 4.06. The number of hydrogen-bond acceptors (Lipinski definition) is 7. The summed E-state index contributed by atoms with van der Waals surface area (Å²) in [6.07, 6.45) is 0.915. The smallest absolute Gasteiger partial charge is 0.251 e. The third kappa shape index (κ3) is 3.84. The molecule has 2 aliphatic heterocycles. The van der Waals surface area contributed by atoms with Crippen molar-refractivity contribution in [2.45, 2.75) is 44.9 Å². The highest BCUT2D eigenvalue weighted by Crippen LogP contribution is 2.28. The lowest BCUT2D eigenvalue weighted by Crippen LogP contribution is -2.52. The molecule has 0 unspecified atom stereocenters. The second kappa shape index (κ2) is 7.72. The minimum atomic E-state index is -0.697. The maximum Gasteiger partial charge on any atom is 0.251 e. The van der Waals surface area contributed by atoms with E-state index in [9.17, 15) is 14.4 Å². The van der Waals surface area contributed by atoms with Crippen LogP contribution < -0.4 is 11.1 Å². The van der Waals surface area contributed by atoms with Crippen LogP contribution >= 0.6 is 11.3 Å². The first-order chi connectivity index (χ1) is 13.8. The van der Waals surface area contributed by atoms with Gasteiger partial charge in [-0.15, -0.1) is 0 Å². The molecule has 0 aliphatic carbocycles. The van der Waals surface area contributed by atoms with Gasteiger partial charge in [-0.2, -0.15) is 0 Å². The number of Topliss-reactive ketones (excluding diaryl/α,β-unsaturated/α-hetero) is 1. The monoisotopic (exact) mass is 416 g/mol. The fourth-order valence-corrected chi connectivity index (χ4v) is 4.83. The lowest BCUT2D eigenvalue weighted by atomic mass is 10.0. The summed E-state index contributed by atoms with van der Waals surface area (Å²) in [4.78, 5) is 44.0. The van der Waals surface area contributed by atoms with Gasteiger partial charge < -0.3 is 20.7 Å². The fraction of sp³-hybridized carbons (Fsp3) is 0.500. The molecule has 29 heavy (non-hydrogen) atoms. The Morgan fingerprint density at radius 1 is 1.41 bits per heavy atom. The zero-order valence-corrected chi connectivity index (χ0v) is 17.2. The highest BCUT2D eigenvalue weighted by molar-refractivity contribution is 7.22. The number of benzene rings is 1. The molecule has 0 bridgehead atoms. The van der Waals surface area contributed by atoms with Crippen LogP contribution in [0, 0.1) is 5.92 Å². The number of likely N-dealkylation sites (tertiary alicyclic amines) is 1. The summed E-state index contributed by atoms with van der Waals surface area (Å²) < 4.78 is 6.30. The molecule has 2 amide bonds. The second-order valence-electron chi connectivity index (χ2n) is 7.97. The summed E-state index contributed by atoms with van der Waals surface area (Å²) >= 11 is 1.31. The molecule has 154 valence electrons. The number of nitrogens with zero attached hydrogens (tertiary/aromatic N) is 2. The van der Waals surface area contributed by atoms with Gasteiger partial charge in [0, 0.05) is 12.1 Å². The quantitative estimate of drug-likeness (QED) is 0.765. The van der Waals surface area contributed by atoms with E-state index in [0.29, 0.717) is 30.1 Å². The third-order valence-electron chi connectivity index (χ3n) is 5.37. The van der Waals surface area contributed by atoms with Gasteiger partial charge in [-0.05, 0) is 37.0 Å².